The molecule has 7 heteroatoms. The van der Waals surface area contributed by atoms with Crippen LogP contribution in [0.3, 0.4) is 0 Å². The zero-order chi connectivity index (χ0) is 28.0. The molecule has 0 atom stereocenters. The highest BCUT2D eigenvalue weighted by Gasteiger charge is 2.30. The van der Waals surface area contributed by atoms with Crippen molar-refractivity contribution in [2.75, 3.05) is 10.6 Å². The number of imidazole rings is 1. The topological polar surface area (TPSA) is 71.2 Å². The van der Waals surface area contributed by atoms with Crippen LogP contribution in [0.15, 0.2) is 79.4 Å². The largest absolute Gasteiger partial charge is 0.481 e. The molecule has 0 fully saturated rings. The lowest BCUT2D eigenvalue weighted by Gasteiger charge is -2.36. The zero-order valence-electron chi connectivity index (χ0n) is 23.0. The fraction of sp³-hybridized carbons (Fsp3) is 0.182. The average Bonchev–Trinajstić information content (AvgIpc) is 3.50. The van der Waals surface area contributed by atoms with Crippen molar-refractivity contribution in [3.05, 3.63) is 107 Å². The molecule has 1 N–H and O–H groups in total. The summed E-state index contributed by atoms with van der Waals surface area (Å²) in [6.45, 7) is 7.01. The molecule has 40 heavy (non-hydrogen) atoms. The SMILES string of the molecule is CSN1Cc2ccc(-c3cccc(-n4ccnc4)n3)cc2-c2c(C)c(-c3ccc(C)cc3)c(CC(=O)O)c(C)c21. The quantitative estimate of drug-likeness (QED) is 0.224. The fourth-order valence-electron chi connectivity index (χ4n) is 5.79. The normalized spacial score (nSPS) is 12.2. The summed E-state index contributed by atoms with van der Waals surface area (Å²) < 4.78 is 4.20. The van der Waals surface area contributed by atoms with E-state index in [-0.39, 0.29) is 6.42 Å². The number of pyridine rings is 1. The summed E-state index contributed by atoms with van der Waals surface area (Å²) in [7, 11) is 0. The Morgan fingerprint density at radius 3 is 2.45 bits per heavy atom. The van der Waals surface area contributed by atoms with Gasteiger partial charge in [-0.3, -0.25) is 9.36 Å². The highest BCUT2D eigenvalue weighted by molar-refractivity contribution is 7.99. The van der Waals surface area contributed by atoms with Gasteiger partial charge in [-0.1, -0.05) is 60.0 Å². The number of aliphatic carboxylic acids is 1. The number of fused-ring (bicyclic) bond motifs is 3. The lowest BCUT2D eigenvalue weighted by Crippen LogP contribution is -2.22. The van der Waals surface area contributed by atoms with E-state index in [0.717, 1.165) is 62.7 Å². The molecule has 3 heterocycles. The number of carboxylic acid groups (broad SMARTS) is 1. The molecule has 0 saturated carbocycles. The molecule has 5 aromatic rings. The highest BCUT2D eigenvalue weighted by Crippen LogP contribution is 2.50. The summed E-state index contributed by atoms with van der Waals surface area (Å²) in [5.74, 6) is -0.0115. The molecular weight excluding hydrogens is 516 g/mol. The van der Waals surface area contributed by atoms with E-state index in [2.05, 4.69) is 78.8 Å². The van der Waals surface area contributed by atoms with Crippen molar-refractivity contribution in [2.24, 2.45) is 0 Å². The number of nitrogens with zero attached hydrogens (tertiary/aromatic N) is 4. The van der Waals surface area contributed by atoms with Crippen LogP contribution >= 0.6 is 11.9 Å². The van der Waals surface area contributed by atoms with Gasteiger partial charge in [-0.05, 0) is 77.9 Å². The Morgan fingerprint density at radius 1 is 0.975 bits per heavy atom. The van der Waals surface area contributed by atoms with Gasteiger partial charge in [0, 0.05) is 29.8 Å². The molecule has 6 nitrogen and oxygen atoms in total. The molecule has 0 aliphatic carbocycles. The third-order valence-corrected chi connectivity index (χ3v) is 8.48. The van der Waals surface area contributed by atoms with Crippen LogP contribution in [0.5, 0.6) is 0 Å². The van der Waals surface area contributed by atoms with Crippen molar-refractivity contribution < 1.29 is 9.90 Å². The lowest BCUT2D eigenvalue weighted by molar-refractivity contribution is -0.136. The van der Waals surface area contributed by atoms with Crippen molar-refractivity contribution >= 4 is 23.6 Å². The van der Waals surface area contributed by atoms with Crippen molar-refractivity contribution in [1.82, 2.24) is 14.5 Å². The second-order valence-corrected chi connectivity index (χ2v) is 11.0. The van der Waals surface area contributed by atoms with Gasteiger partial charge in [0.05, 0.1) is 24.3 Å². The van der Waals surface area contributed by atoms with E-state index in [1.807, 2.05) is 29.0 Å². The Labute approximate surface area is 238 Å². The van der Waals surface area contributed by atoms with Crippen LogP contribution in [0.2, 0.25) is 0 Å². The van der Waals surface area contributed by atoms with Gasteiger partial charge in [-0.2, -0.15) is 0 Å². The van der Waals surface area contributed by atoms with Crippen molar-refractivity contribution in [3.8, 4) is 39.3 Å². The van der Waals surface area contributed by atoms with E-state index in [1.54, 1.807) is 24.5 Å². The second-order valence-electron chi connectivity index (χ2n) is 10.2. The Morgan fingerprint density at radius 2 is 1.75 bits per heavy atom. The maximum Gasteiger partial charge on any atom is 0.307 e. The van der Waals surface area contributed by atoms with E-state index in [4.69, 9.17) is 4.98 Å². The first-order valence-electron chi connectivity index (χ1n) is 13.2. The Kier molecular flexibility index (Phi) is 6.68. The smallest absolute Gasteiger partial charge is 0.307 e. The Balaban J connectivity index is 1.59. The fourth-order valence-corrected chi connectivity index (χ4v) is 6.47. The summed E-state index contributed by atoms with van der Waals surface area (Å²) in [5, 5.41) is 9.90. The van der Waals surface area contributed by atoms with Crippen LogP contribution in [-0.2, 0) is 17.8 Å². The van der Waals surface area contributed by atoms with Crippen LogP contribution in [0.1, 0.15) is 27.8 Å². The van der Waals surface area contributed by atoms with Gasteiger partial charge in [-0.15, -0.1) is 0 Å². The summed E-state index contributed by atoms with van der Waals surface area (Å²) in [6.07, 6.45) is 7.44. The second kappa shape index (κ2) is 10.3. The first kappa shape index (κ1) is 25.9. The average molecular weight is 547 g/mol. The van der Waals surface area contributed by atoms with E-state index in [1.165, 1.54) is 16.7 Å². The van der Waals surface area contributed by atoms with E-state index >= 15 is 0 Å². The number of hydrogen-bond donors (Lipinski definition) is 1. The zero-order valence-corrected chi connectivity index (χ0v) is 23.8. The molecular formula is C33H30N4O2S. The van der Waals surface area contributed by atoms with Crippen LogP contribution < -0.4 is 4.31 Å². The maximum absolute atomic E-state index is 12.1. The molecule has 3 aromatic carbocycles. The van der Waals surface area contributed by atoms with E-state index < -0.39 is 5.97 Å². The minimum atomic E-state index is -0.825. The van der Waals surface area contributed by atoms with Crippen molar-refractivity contribution in [3.63, 3.8) is 0 Å². The van der Waals surface area contributed by atoms with Crippen molar-refractivity contribution in [2.45, 2.75) is 33.7 Å². The summed E-state index contributed by atoms with van der Waals surface area (Å²) >= 11 is 1.67. The van der Waals surface area contributed by atoms with E-state index in [0.29, 0.717) is 0 Å². The van der Waals surface area contributed by atoms with Gasteiger partial charge in [0.25, 0.3) is 0 Å². The molecule has 0 amide bonds. The molecule has 1 aliphatic rings. The Hall–Kier alpha value is -4.36. The molecule has 2 aromatic heterocycles. The van der Waals surface area contributed by atoms with Crippen LogP contribution in [0, 0.1) is 20.8 Å². The highest BCUT2D eigenvalue weighted by atomic mass is 32.2. The van der Waals surface area contributed by atoms with Crippen LogP contribution in [0.25, 0.3) is 39.3 Å². The number of aromatic nitrogens is 3. The lowest BCUT2D eigenvalue weighted by atomic mass is 9.80. The first-order chi connectivity index (χ1) is 19.4. The van der Waals surface area contributed by atoms with Gasteiger partial charge >= 0.3 is 5.97 Å². The van der Waals surface area contributed by atoms with E-state index in [9.17, 15) is 9.90 Å². The third kappa shape index (κ3) is 4.46. The number of anilines is 1. The molecule has 6 rings (SSSR count). The van der Waals surface area contributed by atoms with Gasteiger partial charge in [0.2, 0.25) is 0 Å². The molecule has 0 saturated heterocycles. The molecule has 0 unspecified atom stereocenters. The monoisotopic (exact) mass is 546 g/mol. The molecule has 0 radical (unpaired) electrons. The van der Waals surface area contributed by atoms with Crippen LogP contribution in [0.4, 0.5) is 5.69 Å². The number of carbonyl (C=O) groups is 1. The van der Waals surface area contributed by atoms with Crippen LogP contribution in [-0.4, -0.2) is 31.9 Å². The predicted octanol–water partition coefficient (Wildman–Crippen LogP) is 7.42. The molecule has 1 aliphatic heterocycles. The summed E-state index contributed by atoms with van der Waals surface area (Å²) in [6, 6.07) is 21.0. The van der Waals surface area contributed by atoms with Gasteiger partial charge in [0.1, 0.15) is 12.1 Å². The third-order valence-electron chi connectivity index (χ3n) is 7.73. The van der Waals surface area contributed by atoms with Gasteiger partial charge in [-0.25, -0.2) is 9.97 Å². The predicted molar refractivity (Wildman–Crippen MR) is 163 cm³/mol. The number of aryl methyl sites for hydroxylation is 1. The number of benzene rings is 3. The van der Waals surface area contributed by atoms with Gasteiger partial charge < -0.3 is 9.41 Å². The summed E-state index contributed by atoms with van der Waals surface area (Å²) in [4.78, 5) is 21.2. The Bertz CT molecular complexity index is 1740. The summed E-state index contributed by atoms with van der Waals surface area (Å²) in [5.41, 5.74) is 12.8. The number of hydrogen-bond acceptors (Lipinski definition) is 5. The maximum atomic E-state index is 12.1. The molecule has 0 spiro atoms. The van der Waals surface area contributed by atoms with Crippen molar-refractivity contribution in [1.29, 1.82) is 0 Å². The minimum Gasteiger partial charge on any atom is -0.481 e. The number of carboxylic acids is 1. The standard InChI is InChI=1S/C33H30N4O2S/c1-20-8-10-23(11-9-20)31-22(3)32-27-16-24(28-6-5-7-29(35-28)36-15-14-34-19-36)12-13-25(27)18-37(40-4)33(32)21(2)26(31)17-30(38)39/h5-16,19H,17-18H2,1-4H3,(H,38,39). The minimum absolute atomic E-state index is 0.0246. The number of rotatable bonds is 6. The molecule has 200 valence electrons. The first-order valence-corrected chi connectivity index (χ1v) is 14.4. The van der Waals surface area contributed by atoms with Gasteiger partial charge in [0.15, 0.2) is 0 Å². The molecule has 0 bridgehead atoms.